The number of amides is 2. The maximum Gasteiger partial charge on any atom is 0.256 e. The average Bonchev–Trinajstić information content (AvgIpc) is 2.67. The van der Waals surface area contributed by atoms with Gasteiger partial charge in [0.1, 0.15) is 0 Å². The van der Waals surface area contributed by atoms with Crippen LogP contribution < -0.4 is 5.32 Å². The lowest BCUT2D eigenvalue weighted by Gasteiger charge is -2.06. The summed E-state index contributed by atoms with van der Waals surface area (Å²) in [5, 5.41) is 3.40. The zero-order valence-corrected chi connectivity index (χ0v) is 11.7. The molecule has 2 amide bonds. The predicted octanol–water partition coefficient (Wildman–Crippen LogP) is 2.29. The fourth-order valence-corrected chi connectivity index (χ4v) is 2.61. The van der Waals surface area contributed by atoms with Crippen molar-refractivity contribution < 1.29 is 9.59 Å². The first-order valence-corrected chi connectivity index (χ1v) is 6.99. The minimum atomic E-state index is -0.160. The highest BCUT2D eigenvalue weighted by Crippen LogP contribution is 2.19. The van der Waals surface area contributed by atoms with E-state index in [1.54, 1.807) is 0 Å². The average molecular weight is 360 g/mol. The summed E-state index contributed by atoms with van der Waals surface area (Å²) in [6.45, 7) is 0. The molecule has 1 N–H and O–H groups in total. The molecule has 0 aliphatic carbocycles. The molecule has 0 atom stereocenters. The van der Waals surface area contributed by atoms with E-state index in [-0.39, 0.29) is 18.2 Å². The number of carbonyl (C=O) groups is 2. The minimum Gasteiger partial charge on any atom is -0.325 e. The highest BCUT2D eigenvalue weighted by molar-refractivity contribution is 14.1. The van der Waals surface area contributed by atoms with Crippen molar-refractivity contribution >= 4 is 56.9 Å². The molecule has 1 aromatic carbocycles. The topological polar surface area (TPSA) is 58.5 Å². The van der Waals surface area contributed by atoms with Gasteiger partial charge in [-0.1, -0.05) is 12.1 Å². The first-order chi connectivity index (χ1) is 8.15. The Morgan fingerprint density at radius 3 is 2.88 bits per heavy atom. The van der Waals surface area contributed by atoms with E-state index < -0.39 is 0 Å². The first-order valence-electron chi connectivity index (χ1n) is 4.93. The molecule has 1 heterocycles. The molecular formula is C11H9IN2O2S. The van der Waals surface area contributed by atoms with Crippen molar-refractivity contribution in [3.8, 4) is 0 Å². The van der Waals surface area contributed by atoms with Crippen LogP contribution in [-0.4, -0.2) is 22.6 Å². The van der Waals surface area contributed by atoms with Crippen molar-refractivity contribution in [2.24, 2.45) is 4.99 Å². The van der Waals surface area contributed by atoms with Crippen LogP contribution in [0.4, 0.5) is 5.69 Å². The van der Waals surface area contributed by atoms with Crippen molar-refractivity contribution in [3.05, 3.63) is 27.8 Å². The number of aliphatic imine (C=N–C) groups is 1. The number of hydrogen-bond acceptors (Lipinski definition) is 3. The van der Waals surface area contributed by atoms with E-state index in [2.05, 4.69) is 32.9 Å². The van der Waals surface area contributed by atoms with Crippen LogP contribution in [0.15, 0.2) is 29.3 Å². The van der Waals surface area contributed by atoms with E-state index in [9.17, 15) is 9.59 Å². The van der Waals surface area contributed by atoms with Crippen LogP contribution in [0.2, 0.25) is 0 Å². The van der Waals surface area contributed by atoms with Gasteiger partial charge in [0, 0.05) is 3.57 Å². The molecule has 0 saturated heterocycles. The zero-order chi connectivity index (χ0) is 12.3. The third kappa shape index (κ3) is 3.53. The minimum absolute atomic E-state index is 0.143. The van der Waals surface area contributed by atoms with Crippen LogP contribution in [0.1, 0.15) is 6.42 Å². The molecule has 4 nitrogen and oxygen atoms in total. The van der Waals surface area contributed by atoms with Gasteiger partial charge in [-0.25, -0.2) is 4.99 Å². The highest BCUT2D eigenvalue weighted by Gasteiger charge is 2.17. The van der Waals surface area contributed by atoms with Crippen molar-refractivity contribution in [1.29, 1.82) is 0 Å². The Morgan fingerprint density at radius 2 is 2.24 bits per heavy atom. The van der Waals surface area contributed by atoms with Crippen molar-refractivity contribution in [2.45, 2.75) is 6.42 Å². The van der Waals surface area contributed by atoms with Gasteiger partial charge in [0.05, 0.1) is 22.9 Å². The summed E-state index contributed by atoms with van der Waals surface area (Å²) >= 11 is 3.49. The number of rotatable bonds is 3. The lowest BCUT2D eigenvalue weighted by Crippen LogP contribution is -2.15. The summed E-state index contributed by atoms with van der Waals surface area (Å²) in [5.74, 6) is 0.0491. The van der Waals surface area contributed by atoms with Gasteiger partial charge in [-0.2, -0.15) is 0 Å². The van der Waals surface area contributed by atoms with Gasteiger partial charge in [0.15, 0.2) is 0 Å². The van der Waals surface area contributed by atoms with Gasteiger partial charge in [-0.05, 0) is 34.7 Å². The van der Waals surface area contributed by atoms with Crippen LogP contribution >= 0.6 is 34.4 Å². The van der Waals surface area contributed by atoms with E-state index in [1.165, 1.54) is 11.8 Å². The third-order valence-corrected chi connectivity index (χ3v) is 3.97. The Hall–Kier alpha value is -0.890. The van der Waals surface area contributed by atoms with Crippen LogP contribution in [0, 0.1) is 3.57 Å². The Morgan fingerprint density at radius 1 is 1.47 bits per heavy atom. The molecule has 2 rings (SSSR count). The monoisotopic (exact) mass is 360 g/mol. The largest absolute Gasteiger partial charge is 0.325 e. The Balaban J connectivity index is 1.96. The Kier molecular flexibility index (Phi) is 4.16. The fraction of sp³-hybridized carbons (Fsp3) is 0.182. The van der Waals surface area contributed by atoms with Gasteiger partial charge >= 0.3 is 0 Å². The van der Waals surface area contributed by atoms with Gasteiger partial charge in [0.2, 0.25) is 5.91 Å². The molecule has 1 aromatic rings. The molecule has 88 valence electrons. The quantitative estimate of drug-likeness (QED) is 0.842. The number of para-hydroxylation sites is 1. The SMILES string of the molecule is O=C1CSC(CC(=O)Nc2ccccc2I)=N1. The van der Waals surface area contributed by atoms with E-state index >= 15 is 0 Å². The standard InChI is InChI=1S/C11H9IN2O2S/c12-7-3-1-2-4-8(7)13-9(15)5-11-14-10(16)6-17-11/h1-4H,5-6H2,(H,13,15). The van der Waals surface area contributed by atoms with E-state index in [1.807, 2.05) is 24.3 Å². The maximum absolute atomic E-state index is 11.7. The predicted molar refractivity (Wildman–Crippen MR) is 77.3 cm³/mol. The van der Waals surface area contributed by atoms with Crippen LogP contribution in [0.5, 0.6) is 0 Å². The molecule has 0 spiro atoms. The van der Waals surface area contributed by atoms with Gasteiger partial charge < -0.3 is 5.32 Å². The Labute approximate surface area is 116 Å². The van der Waals surface area contributed by atoms with Crippen molar-refractivity contribution in [3.63, 3.8) is 0 Å². The molecule has 0 radical (unpaired) electrons. The molecule has 0 aromatic heterocycles. The lowest BCUT2D eigenvalue weighted by atomic mass is 10.3. The summed E-state index contributed by atoms with van der Waals surface area (Å²) in [4.78, 5) is 26.4. The second-order valence-electron chi connectivity index (χ2n) is 3.39. The molecule has 17 heavy (non-hydrogen) atoms. The number of hydrogen-bond donors (Lipinski definition) is 1. The van der Waals surface area contributed by atoms with E-state index in [4.69, 9.17) is 0 Å². The van der Waals surface area contributed by atoms with Crippen LogP contribution in [-0.2, 0) is 9.59 Å². The van der Waals surface area contributed by atoms with Gasteiger partial charge in [-0.15, -0.1) is 11.8 Å². The molecule has 0 unspecified atom stereocenters. The van der Waals surface area contributed by atoms with Crippen molar-refractivity contribution in [2.75, 3.05) is 11.1 Å². The normalized spacial score (nSPS) is 14.6. The second kappa shape index (κ2) is 5.63. The molecule has 0 bridgehead atoms. The number of halogens is 1. The molecule has 1 aliphatic rings. The summed E-state index contributed by atoms with van der Waals surface area (Å²) in [6, 6.07) is 7.53. The number of carbonyl (C=O) groups excluding carboxylic acids is 2. The number of benzene rings is 1. The first kappa shape index (κ1) is 12.6. The molecule has 6 heteroatoms. The molecule has 0 fully saturated rings. The van der Waals surface area contributed by atoms with Gasteiger partial charge in [0.25, 0.3) is 5.91 Å². The number of thioether (sulfide) groups is 1. The summed E-state index contributed by atoms with van der Waals surface area (Å²) in [5.41, 5.74) is 0.785. The summed E-state index contributed by atoms with van der Waals surface area (Å²) in [7, 11) is 0. The highest BCUT2D eigenvalue weighted by atomic mass is 127. The van der Waals surface area contributed by atoms with E-state index in [0.29, 0.717) is 10.8 Å². The number of nitrogens with one attached hydrogen (secondary N) is 1. The van der Waals surface area contributed by atoms with Gasteiger partial charge in [-0.3, -0.25) is 9.59 Å². The fourth-order valence-electron chi connectivity index (χ4n) is 1.33. The Bertz CT molecular complexity index is 502. The number of anilines is 1. The summed E-state index contributed by atoms with van der Waals surface area (Å²) < 4.78 is 0.982. The molecule has 0 saturated carbocycles. The number of nitrogens with zero attached hydrogens (tertiary/aromatic N) is 1. The van der Waals surface area contributed by atoms with Crippen LogP contribution in [0.3, 0.4) is 0 Å². The third-order valence-electron chi connectivity index (χ3n) is 2.07. The smallest absolute Gasteiger partial charge is 0.256 e. The van der Waals surface area contributed by atoms with E-state index in [0.717, 1.165) is 9.26 Å². The van der Waals surface area contributed by atoms with Crippen LogP contribution in [0.25, 0.3) is 0 Å². The summed E-state index contributed by atoms with van der Waals surface area (Å²) in [6.07, 6.45) is 0.168. The lowest BCUT2D eigenvalue weighted by molar-refractivity contribution is -0.115. The maximum atomic E-state index is 11.7. The second-order valence-corrected chi connectivity index (χ2v) is 5.60. The molecule has 1 aliphatic heterocycles. The molecular weight excluding hydrogens is 351 g/mol. The van der Waals surface area contributed by atoms with Crippen molar-refractivity contribution in [1.82, 2.24) is 0 Å². The zero-order valence-electron chi connectivity index (χ0n) is 8.77.